The number of pyridine rings is 1. The predicted octanol–water partition coefficient (Wildman–Crippen LogP) is -0.114. The number of aldehydes is 1. The van der Waals surface area contributed by atoms with Gasteiger partial charge in [-0.3, -0.25) is 9.78 Å². The van der Waals surface area contributed by atoms with Gasteiger partial charge in [0, 0.05) is 18.3 Å². The summed E-state index contributed by atoms with van der Waals surface area (Å²) in [6.07, 6.45) is 1.39. The third kappa shape index (κ3) is 1.87. The fraction of sp³-hybridized carbons (Fsp3) is 0.250. The Labute approximate surface area is 70.0 Å². The number of hydrogen-bond acceptors (Lipinski definition) is 4. The second-order valence-electron chi connectivity index (χ2n) is 2.38. The molecule has 4 nitrogen and oxygen atoms in total. The molecule has 0 saturated carbocycles. The Morgan fingerprint density at radius 1 is 1.75 bits per heavy atom. The van der Waals surface area contributed by atoms with Crippen LogP contribution in [0.5, 0.6) is 0 Å². The van der Waals surface area contributed by atoms with Crippen molar-refractivity contribution in [2.24, 2.45) is 5.73 Å². The normalized spacial score (nSPS) is 12.5. The van der Waals surface area contributed by atoms with E-state index in [1.54, 1.807) is 6.07 Å². The molecule has 12 heavy (non-hydrogen) atoms. The van der Waals surface area contributed by atoms with Crippen LogP contribution >= 0.6 is 0 Å². The highest BCUT2D eigenvalue weighted by atomic mass is 16.3. The molecule has 0 bridgehead atoms. The second-order valence-corrected chi connectivity index (χ2v) is 2.38. The largest absolute Gasteiger partial charge is 0.385 e. The van der Waals surface area contributed by atoms with Gasteiger partial charge in [0.2, 0.25) is 0 Å². The molecule has 0 fully saturated rings. The molecular weight excluding hydrogens is 156 g/mol. The van der Waals surface area contributed by atoms with E-state index in [9.17, 15) is 9.90 Å². The molecule has 1 rings (SSSR count). The Kier molecular flexibility index (Phi) is 2.90. The molecule has 1 aromatic heterocycles. The van der Waals surface area contributed by atoms with Gasteiger partial charge in [-0.2, -0.15) is 0 Å². The number of carbonyl (C=O) groups is 1. The lowest BCUT2D eigenvalue weighted by molar-refractivity contribution is 0.112. The van der Waals surface area contributed by atoms with E-state index in [-0.39, 0.29) is 6.54 Å². The summed E-state index contributed by atoms with van der Waals surface area (Å²) < 4.78 is 0. The fourth-order valence-electron chi connectivity index (χ4n) is 0.842. The van der Waals surface area contributed by atoms with E-state index in [1.165, 1.54) is 12.3 Å². The van der Waals surface area contributed by atoms with Crippen molar-refractivity contribution in [3.63, 3.8) is 0 Å². The number of nitrogens with two attached hydrogens (primary N) is 1. The SMILES string of the molecule is NCC(O)c1cc(C=O)ccn1. The van der Waals surface area contributed by atoms with E-state index in [0.717, 1.165) is 0 Å². The fourth-order valence-corrected chi connectivity index (χ4v) is 0.842. The number of rotatable bonds is 3. The molecule has 64 valence electrons. The van der Waals surface area contributed by atoms with Gasteiger partial charge in [0.05, 0.1) is 5.69 Å². The van der Waals surface area contributed by atoms with Crippen LogP contribution in [0.15, 0.2) is 18.3 Å². The lowest BCUT2D eigenvalue weighted by atomic mass is 10.2. The highest BCUT2D eigenvalue weighted by Gasteiger charge is 2.06. The van der Waals surface area contributed by atoms with Gasteiger partial charge in [0.25, 0.3) is 0 Å². The molecule has 0 aliphatic rings. The van der Waals surface area contributed by atoms with Gasteiger partial charge in [-0.25, -0.2) is 0 Å². The number of hydrogen-bond donors (Lipinski definition) is 2. The highest BCUT2D eigenvalue weighted by molar-refractivity contribution is 5.74. The van der Waals surface area contributed by atoms with Crippen LogP contribution in [0.2, 0.25) is 0 Å². The average Bonchev–Trinajstić information content (AvgIpc) is 2.17. The average molecular weight is 166 g/mol. The molecule has 0 radical (unpaired) electrons. The summed E-state index contributed by atoms with van der Waals surface area (Å²) in [5, 5.41) is 9.25. The molecule has 0 amide bonds. The Bertz CT molecular complexity index is 276. The minimum atomic E-state index is -0.787. The summed E-state index contributed by atoms with van der Waals surface area (Å²) >= 11 is 0. The number of aromatic nitrogens is 1. The molecule has 0 aliphatic carbocycles. The first kappa shape index (κ1) is 8.83. The lowest BCUT2D eigenvalue weighted by Crippen LogP contribution is -2.13. The molecule has 1 heterocycles. The zero-order chi connectivity index (χ0) is 8.97. The van der Waals surface area contributed by atoms with Crippen LogP contribution in [0.1, 0.15) is 22.2 Å². The van der Waals surface area contributed by atoms with Crippen LogP contribution < -0.4 is 5.73 Å². The number of carbonyl (C=O) groups excluding carboxylic acids is 1. The van der Waals surface area contributed by atoms with Crippen LogP contribution in [0.25, 0.3) is 0 Å². The van der Waals surface area contributed by atoms with E-state index < -0.39 is 6.10 Å². The Morgan fingerprint density at radius 3 is 3.08 bits per heavy atom. The first-order chi connectivity index (χ1) is 5.77. The van der Waals surface area contributed by atoms with Crippen LogP contribution in [0.4, 0.5) is 0 Å². The molecule has 1 aromatic rings. The van der Waals surface area contributed by atoms with Gasteiger partial charge in [-0.1, -0.05) is 0 Å². The van der Waals surface area contributed by atoms with Crippen molar-refractivity contribution >= 4 is 6.29 Å². The van der Waals surface area contributed by atoms with Crippen molar-refractivity contribution in [2.75, 3.05) is 6.54 Å². The number of aliphatic hydroxyl groups excluding tert-OH is 1. The maximum Gasteiger partial charge on any atom is 0.150 e. The number of nitrogens with zero attached hydrogens (tertiary/aromatic N) is 1. The lowest BCUT2D eigenvalue weighted by Gasteiger charge is -2.05. The van der Waals surface area contributed by atoms with Gasteiger partial charge < -0.3 is 10.8 Å². The van der Waals surface area contributed by atoms with E-state index >= 15 is 0 Å². The van der Waals surface area contributed by atoms with E-state index in [4.69, 9.17) is 5.73 Å². The zero-order valence-electron chi connectivity index (χ0n) is 6.47. The minimum Gasteiger partial charge on any atom is -0.385 e. The summed E-state index contributed by atoms with van der Waals surface area (Å²) in [7, 11) is 0. The predicted molar refractivity (Wildman–Crippen MR) is 43.6 cm³/mol. The second kappa shape index (κ2) is 3.94. The number of aliphatic hydroxyl groups is 1. The standard InChI is InChI=1S/C8H10N2O2/c9-4-8(12)7-3-6(5-11)1-2-10-7/h1-3,5,8,12H,4,9H2. The summed E-state index contributed by atoms with van der Waals surface area (Å²) in [5.41, 5.74) is 6.14. The Morgan fingerprint density at radius 2 is 2.50 bits per heavy atom. The van der Waals surface area contributed by atoms with Crippen molar-refractivity contribution in [1.82, 2.24) is 4.98 Å². The van der Waals surface area contributed by atoms with E-state index in [0.29, 0.717) is 17.5 Å². The summed E-state index contributed by atoms with van der Waals surface area (Å²) in [5.74, 6) is 0. The van der Waals surface area contributed by atoms with E-state index in [1.807, 2.05) is 0 Å². The third-order valence-electron chi connectivity index (χ3n) is 1.51. The molecule has 0 saturated heterocycles. The molecule has 4 heteroatoms. The van der Waals surface area contributed by atoms with Crippen LogP contribution in [0.3, 0.4) is 0 Å². The molecule has 0 spiro atoms. The smallest absolute Gasteiger partial charge is 0.150 e. The monoisotopic (exact) mass is 166 g/mol. The first-order valence-electron chi connectivity index (χ1n) is 3.57. The molecule has 0 aromatic carbocycles. The Hall–Kier alpha value is -1.26. The Balaban J connectivity index is 2.93. The summed E-state index contributed by atoms with van der Waals surface area (Å²) in [6, 6.07) is 3.09. The maximum atomic E-state index is 10.3. The quantitative estimate of drug-likeness (QED) is 0.614. The summed E-state index contributed by atoms with van der Waals surface area (Å²) in [6.45, 7) is 0.106. The molecule has 3 N–H and O–H groups in total. The van der Waals surface area contributed by atoms with Gasteiger partial charge in [-0.15, -0.1) is 0 Å². The van der Waals surface area contributed by atoms with E-state index in [2.05, 4.69) is 4.98 Å². The first-order valence-corrected chi connectivity index (χ1v) is 3.57. The van der Waals surface area contributed by atoms with Crippen molar-refractivity contribution in [3.05, 3.63) is 29.6 Å². The topological polar surface area (TPSA) is 76.2 Å². The van der Waals surface area contributed by atoms with Crippen LogP contribution in [-0.2, 0) is 0 Å². The van der Waals surface area contributed by atoms with Crippen LogP contribution in [-0.4, -0.2) is 22.9 Å². The molecular formula is C8H10N2O2. The van der Waals surface area contributed by atoms with Crippen molar-refractivity contribution in [1.29, 1.82) is 0 Å². The van der Waals surface area contributed by atoms with Gasteiger partial charge in [0.15, 0.2) is 0 Å². The van der Waals surface area contributed by atoms with Gasteiger partial charge in [-0.05, 0) is 12.1 Å². The van der Waals surface area contributed by atoms with Crippen LogP contribution in [0, 0.1) is 0 Å². The highest BCUT2D eigenvalue weighted by Crippen LogP contribution is 2.08. The molecule has 1 atom stereocenters. The minimum absolute atomic E-state index is 0.106. The zero-order valence-corrected chi connectivity index (χ0v) is 6.47. The van der Waals surface area contributed by atoms with Crippen molar-refractivity contribution < 1.29 is 9.90 Å². The third-order valence-corrected chi connectivity index (χ3v) is 1.51. The molecule has 0 aliphatic heterocycles. The van der Waals surface area contributed by atoms with Gasteiger partial charge >= 0.3 is 0 Å². The van der Waals surface area contributed by atoms with Crippen molar-refractivity contribution in [2.45, 2.75) is 6.10 Å². The summed E-state index contributed by atoms with van der Waals surface area (Å²) in [4.78, 5) is 14.2. The van der Waals surface area contributed by atoms with Gasteiger partial charge in [0.1, 0.15) is 12.4 Å². The van der Waals surface area contributed by atoms with Crippen molar-refractivity contribution in [3.8, 4) is 0 Å². The molecule has 1 unspecified atom stereocenters. The maximum absolute atomic E-state index is 10.3.